The van der Waals surface area contributed by atoms with Crippen LogP contribution in [0, 0.1) is 6.92 Å². The van der Waals surface area contributed by atoms with Gasteiger partial charge in [0.05, 0.1) is 11.3 Å². The van der Waals surface area contributed by atoms with E-state index in [1.165, 1.54) is 22.9 Å². The topological polar surface area (TPSA) is 30.7 Å². The molecule has 1 aromatic carbocycles. The van der Waals surface area contributed by atoms with E-state index in [4.69, 9.17) is 0 Å². The van der Waals surface area contributed by atoms with Crippen molar-refractivity contribution in [2.24, 2.45) is 0 Å². The molecule has 0 spiro atoms. The van der Waals surface area contributed by atoms with Gasteiger partial charge in [-0.1, -0.05) is 12.1 Å². The molecule has 0 unspecified atom stereocenters. The predicted octanol–water partition coefficient (Wildman–Crippen LogP) is 3.75. The summed E-state index contributed by atoms with van der Waals surface area (Å²) in [6.07, 6.45) is -2.88. The molecule has 0 N–H and O–H groups in total. The summed E-state index contributed by atoms with van der Waals surface area (Å²) in [7, 11) is 0. The second-order valence-corrected chi connectivity index (χ2v) is 4.36. The van der Waals surface area contributed by atoms with Gasteiger partial charge in [-0.15, -0.1) is 0 Å². The number of halogens is 3. The van der Waals surface area contributed by atoms with Crippen LogP contribution in [0.3, 0.4) is 0 Å². The third kappa shape index (κ3) is 1.93. The summed E-state index contributed by atoms with van der Waals surface area (Å²) in [6, 6.07) is 8.85. The molecule has 0 fully saturated rings. The maximum Gasteiger partial charge on any atom is 0.418 e. The Hall–Kier alpha value is -2.37. The first kappa shape index (κ1) is 12.7. The van der Waals surface area contributed by atoms with Crippen molar-refractivity contribution < 1.29 is 13.2 Å². The predicted molar refractivity (Wildman–Crippen MR) is 68.6 cm³/mol. The Morgan fingerprint density at radius 1 is 1.05 bits per heavy atom. The molecule has 0 bridgehead atoms. The van der Waals surface area contributed by atoms with E-state index >= 15 is 0 Å². The van der Waals surface area contributed by atoms with Gasteiger partial charge in [0.2, 0.25) is 0 Å². The number of alkyl halides is 3. The van der Waals surface area contributed by atoms with Gasteiger partial charge in [-0.05, 0) is 31.2 Å². The second kappa shape index (κ2) is 4.33. The monoisotopic (exact) mass is 277 g/mol. The molecule has 6 heteroatoms. The van der Waals surface area contributed by atoms with Crippen molar-refractivity contribution in [3.05, 3.63) is 54.0 Å². The Morgan fingerprint density at radius 2 is 1.80 bits per heavy atom. The average Bonchev–Trinajstić information content (AvgIpc) is 2.73. The number of aryl methyl sites for hydroxylation is 1. The molecule has 3 aromatic rings. The van der Waals surface area contributed by atoms with Gasteiger partial charge in [0.25, 0.3) is 0 Å². The lowest BCUT2D eigenvalue weighted by atomic mass is 10.1. The molecule has 102 valence electrons. The molecule has 0 aliphatic heterocycles. The summed E-state index contributed by atoms with van der Waals surface area (Å²) in [5, 5.41) is 0. The summed E-state index contributed by atoms with van der Waals surface area (Å²) in [5.74, 6) is 0.468. The maximum absolute atomic E-state index is 13.1. The van der Waals surface area contributed by atoms with Gasteiger partial charge in [-0.3, -0.25) is 4.57 Å². The van der Waals surface area contributed by atoms with Crippen LogP contribution in [0.15, 0.2) is 42.6 Å². The molecule has 0 atom stereocenters. The van der Waals surface area contributed by atoms with E-state index < -0.39 is 11.7 Å². The Bertz CT molecular complexity index is 775. The largest absolute Gasteiger partial charge is 0.418 e. The van der Waals surface area contributed by atoms with Gasteiger partial charge in [-0.2, -0.15) is 13.2 Å². The minimum atomic E-state index is -4.42. The van der Waals surface area contributed by atoms with Crippen molar-refractivity contribution in [2.45, 2.75) is 13.1 Å². The Kier molecular flexibility index (Phi) is 2.74. The number of para-hydroxylation sites is 1. The van der Waals surface area contributed by atoms with Crippen LogP contribution in [0.2, 0.25) is 0 Å². The van der Waals surface area contributed by atoms with Gasteiger partial charge in [0.1, 0.15) is 11.3 Å². The van der Waals surface area contributed by atoms with Crippen LogP contribution < -0.4 is 0 Å². The summed E-state index contributed by atoms with van der Waals surface area (Å²) in [6.45, 7) is 1.66. The quantitative estimate of drug-likeness (QED) is 0.678. The third-order valence-electron chi connectivity index (χ3n) is 3.03. The standard InChI is InChI=1S/C14H10F3N3/c1-9-19-11-6-4-8-18-13(11)20(9)12-7-3-2-5-10(12)14(15,16)17/h2-8H,1H3. The summed E-state index contributed by atoms with van der Waals surface area (Å²) in [5.41, 5.74) is 0.329. The molecular formula is C14H10F3N3. The van der Waals surface area contributed by atoms with Crippen molar-refractivity contribution >= 4 is 11.2 Å². The molecule has 0 aliphatic rings. The number of fused-ring (bicyclic) bond motifs is 1. The van der Waals surface area contributed by atoms with Crippen molar-refractivity contribution in [3.63, 3.8) is 0 Å². The number of nitrogens with zero attached hydrogens (tertiary/aromatic N) is 3. The average molecular weight is 277 g/mol. The van der Waals surface area contributed by atoms with Crippen molar-refractivity contribution in [1.29, 1.82) is 0 Å². The van der Waals surface area contributed by atoms with E-state index in [2.05, 4.69) is 9.97 Å². The van der Waals surface area contributed by atoms with E-state index in [9.17, 15) is 13.2 Å². The fourth-order valence-electron chi connectivity index (χ4n) is 2.22. The van der Waals surface area contributed by atoms with Gasteiger partial charge in [0.15, 0.2) is 5.65 Å². The molecule has 0 saturated carbocycles. The zero-order chi connectivity index (χ0) is 14.3. The lowest BCUT2D eigenvalue weighted by Gasteiger charge is -2.14. The Balaban J connectivity index is 2.35. The fourth-order valence-corrected chi connectivity index (χ4v) is 2.22. The van der Waals surface area contributed by atoms with Gasteiger partial charge in [-0.25, -0.2) is 9.97 Å². The van der Waals surface area contributed by atoms with E-state index in [1.807, 2.05) is 0 Å². The second-order valence-electron chi connectivity index (χ2n) is 4.36. The maximum atomic E-state index is 13.1. The smallest absolute Gasteiger partial charge is 0.280 e. The minimum Gasteiger partial charge on any atom is -0.280 e. The molecule has 0 aliphatic carbocycles. The highest BCUT2D eigenvalue weighted by Gasteiger charge is 2.34. The van der Waals surface area contributed by atoms with Gasteiger partial charge >= 0.3 is 6.18 Å². The zero-order valence-electron chi connectivity index (χ0n) is 10.5. The first-order chi connectivity index (χ1) is 9.48. The van der Waals surface area contributed by atoms with E-state index in [1.54, 1.807) is 25.1 Å². The van der Waals surface area contributed by atoms with E-state index in [0.717, 1.165) is 6.07 Å². The van der Waals surface area contributed by atoms with Gasteiger partial charge < -0.3 is 0 Å². The highest BCUT2D eigenvalue weighted by Crippen LogP contribution is 2.35. The van der Waals surface area contributed by atoms with Crippen LogP contribution >= 0.6 is 0 Å². The fraction of sp³-hybridized carbons (Fsp3) is 0.143. The van der Waals surface area contributed by atoms with E-state index in [-0.39, 0.29) is 5.69 Å². The highest BCUT2D eigenvalue weighted by atomic mass is 19.4. The number of hydrogen-bond donors (Lipinski definition) is 0. The van der Waals surface area contributed by atoms with Crippen molar-refractivity contribution in [2.75, 3.05) is 0 Å². The number of benzene rings is 1. The van der Waals surface area contributed by atoms with Crippen LogP contribution in [-0.4, -0.2) is 14.5 Å². The molecular weight excluding hydrogens is 267 g/mol. The molecule has 20 heavy (non-hydrogen) atoms. The number of rotatable bonds is 1. The summed E-state index contributed by atoms with van der Waals surface area (Å²) >= 11 is 0. The normalized spacial score (nSPS) is 12.0. The Labute approximate surface area is 112 Å². The molecule has 3 rings (SSSR count). The highest BCUT2D eigenvalue weighted by molar-refractivity contribution is 5.74. The molecule has 0 amide bonds. The van der Waals surface area contributed by atoms with Gasteiger partial charge in [0, 0.05) is 6.20 Å². The Morgan fingerprint density at radius 3 is 2.55 bits per heavy atom. The SMILES string of the molecule is Cc1nc2cccnc2n1-c1ccccc1C(F)(F)F. The minimum absolute atomic E-state index is 0.0405. The third-order valence-corrected chi connectivity index (χ3v) is 3.03. The molecule has 0 radical (unpaired) electrons. The van der Waals surface area contributed by atoms with Crippen LogP contribution in [-0.2, 0) is 6.18 Å². The summed E-state index contributed by atoms with van der Waals surface area (Å²) in [4.78, 5) is 8.38. The molecule has 0 saturated heterocycles. The van der Waals surface area contributed by atoms with Crippen molar-refractivity contribution in [3.8, 4) is 5.69 Å². The van der Waals surface area contributed by atoms with Crippen molar-refractivity contribution in [1.82, 2.24) is 14.5 Å². The number of hydrogen-bond acceptors (Lipinski definition) is 2. The van der Waals surface area contributed by atoms with Crippen LogP contribution in [0.4, 0.5) is 13.2 Å². The van der Waals surface area contributed by atoms with Crippen LogP contribution in [0.5, 0.6) is 0 Å². The molecule has 3 nitrogen and oxygen atoms in total. The first-order valence-corrected chi connectivity index (χ1v) is 5.95. The first-order valence-electron chi connectivity index (χ1n) is 5.95. The number of pyridine rings is 1. The number of aromatic nitrogens is 3. The molecule has 2 heterocycles. The summed E-state index contributed by atoms with van der Waals surface area (Å²) < 4.78 is 40.8. The van der Waals surface area contributed by atoms with E-state index in [0.29, 0.717) is 17.0 Å². The zero-order valence-corrected chi connectivity index (χ0v) is 10.5. The van der Waals surface area contributed by atoms with Crippen LogP contribution in [0.25, 0.3) is 16.9 Å². The number of imidazole rings is 1. The lowest BCUT2D eigenvalue weighted by molar-refractivity contribution is -0.137. The van der Waals surface area contributed by atoms with Crippen LogP contribution in [0.1, 0.15) is 11.4 Å². The molecule has 2 aromatic heterocycles. The lowest BCUT2D eigenvalue weighted by Crippen LogP contribution is -2.11.